The molecule has 0 saturated heterocycles. The Morgan fingerprint density at radius 1 is 1.53 bits per heavy atom. The number of nitrogens with zero attached hydrogens (tertiary/aromatic N) is 3. The van der Waals surface area contributed by atoms with E-state index >= 15 is 0 Å². The van der Waals surface area contributed by atoms with Crippen molar-refractivity contribution in [1.82, 2.24) is 4.90 Å². The normalized spacial score (nSPS) is 9.74. The van der Waals surface area contributed by atoms with Crippen LogP contribution in [0.4, 0.5) is 5.69 Å². The lowest BCUT2D eigenvalue weighted by molar-refractivity contribution is -0.384. The molecule has 0 bridgehead atoms. The van der Waals surface area contributed by atoms with Crippen molar-refractivity contribution < 1.29 is 9.72 Å². The second-order valence-corrected chi connectivity index (χ2v) is 4.05. The fourth-order valence-corrected chi connectivity index (χ4v) is 1.76. The molecule has 19 heavy (non-hydrogen) atoms. The van der Waals surface area contributed by atoms with E-state index in [0.29, 0.717) is 24.2 Å². The van der Waals surface area contributed by atoms with Crippen molar-refractivity contribution in [2.75, 3.05) is 13.1 Å². The molecule has 6 heteroatoms. The summed E-state index contributed by atoms with van der Waals surface area (Å²) in [4.78, 5) is 23.9. The fourth-order valence-electron chi connectivity index (χ4n) is 1.76. The van der Waals surface area contributed by atoms with Gasteiger partial charge in [0.1, 0.15) is 0 Å². The second kappa shape index (κ2) is 6.50. The maximum Gasteiger partial charge on any atom is 0.269 e. The Bertz CT molecular complexity index is 534. The van der Waals surface area contributed by atoms with E-state index in [0.717, 1.165) is 0 Å². The summed E-state index contributed by atoms with van der Waals surface area (Å²) in [5, 5.41) is 19.2. The lowest BCUT2D eigenvalue weighted by Gasteiger charge is -2.20. The number of nitro benzene ring substituents is 1. The van der Waals surface area contributed by atoms with Crippen LogP contribution in [-0.4, -0.2) is 28.8 Å². The molecule has 0 aromatic heterocycles. The molecule has 0 unspecified atom stereocenters. The first-order valence-electron chi connectivity index (χ1n) is 5.92. The largest absolute Gasteiger partial charge is 0.338 e. The minimum atomic E-state index is -0.492. The van der Waals surface area contributed by atoms with Gasteiger partial charge in [0.05, 0.1) is 17.4 Å². The molecule has 0 aliphatic carbocycles. The van der Waals surface area contributed by atoms with E-state index in [1.807, 2.05) is 13.0 Å². The Morgan fingerprint density at radius 3 is 2.68 bits per heavy atom. The molecule has 1 amide bonds. The van der Waals surface area contributed by atoms with Crippen molar-refractivity contribution in [3.63, 3.8) is 0 Å². The maximum absolute atomic E-state index is 12.2. The van der Waals surface area contributed by atoms with Gasteiger partial charge in [-0.3, -0.25) is 14.9 Å². The Labute approximate surface area is 111 Å². The Kier molecular flexibility index (Phi) is 5.01. The molecule has 1 rings (SSSR count). The third kappa shape index (κ3) is 3.52. The lowest BCUT2D eigenvalue weighted by Crippen LogP contribution is -2.32. The van der Waals surface area contributed by atoms with E-state index in [-0.39, 0.29) is 18.0 Å². The highest BCUT2D eigenvalue weighted by Gasteiger charge is 2.18. The smallest absolute Gasteiger partial charge is 0.269 e. The molecule has 0 fully saturated rings. The van der Waals surface area contributed by atoms with E-state index in [9.17, 15) is 14.9 Å². The summed E-state index contributed by atoms with van der Waals surface area (Å²) in [6.07, 6.45) is 0.269. The van der Waals surface area contributed by atoms with E-state index in [4.69, 9.17) is 5.26 Å². The fraction of sp³-hybridized carbons (Fsp3) is 0.385. The molecule has 0 aliphatic rings. The van der Waals surface area contributed by atoms with E-state index in [2.05, 4.69) is 0 Å². The van der Waals surface area contributed by atoms with E-state index in [1.54, 1.807) is 11.8 Å². The van der Waals surface area contributed by atoms with Crippen molar-refractivity contribution in [1.29, 1.82) is 5.26 Å². The Morgan fingerprint density at radius 2 is 2.21 bits per heavy atom. The van der Waals surface area contributed by atoms with Crippen LogP contribution in [0.2, 0.25) is 0 Å². The molecule has 0 spiro atoms. The quantitative estimate of drug-likeness (QED) is 0.601. The van der Waals surface area contributed by atoms with Crippen LogP contribution < -0.4 is 0 Å². The van der Waals surface area contributed by atoms with Crippen LogP contribution in [0.5, 0.6) is 0 Å². The zero-order valence-corrected chi connectivity index (χ0v) is 10.9. The number of rotatable bonds is 5. The highest BCUT2D eigenvalue weighted by Crippen LogP contribution is 2.18. The monoisotopic (exact) mass is 261 g/mol. The van der Waals surface area contributed by atoms with Crippen molar-refractivity contribution in [2.24, 2.45) is 0 Å². The predicted molar refractivity (Wildman–Crippen MR) is 69.6 cm³/mol. The summed E-state index contributed by atoms with van der Waals surface area (Å²) in [6.45, 7) is 4.35. The maximum atomic E-state index is 12.2. The summed E-state index contributed by atoms with van der Waals surface area (Å²) < 4.78 is 0. The van der Waals surface area contributed by atoms with Gasteiger partial charge in [0.25, 0.3) is 11.6 Å². The van der Waals surface area contributed by atoms with Gasteiger partial charge in [-0.1, -0.05) is 0 Å². The average molecular weight is 261 g/mol. The molecule has 0 radical (unpaired) electrons. The number of nitriles is 1. The number of benzene rings is 1. The summed E-state index contributed by atoms with van der Waals surface area (Å²) in [6, 6.07) is 6.16. The molecule has 100 valence electrons. The number of hydrogen-bond donors (Lipinski definition) is 0. The summed E-state index contributed by atoms with van der Waals surface area (Å²) in [5.41, 5.74) is 0.967. The lowest BCUT2D eigenvalue weighted by atomic mass is 10.1. The molecule has 6 nitrogen and oxygen atoms in total. The van der Waals surface area contributed by atoms with Crippen molar-refractivity contribution in [3.8, 4) is 6.07 Å². The summed E-state index contributed by atoms with van der Waals surface area (Å²) in [5.74, 6) is -0.204. The minimum Gasteiger partial charge on any atom is -0.338 e. The number of nitro groups is 1. The Hall–Kier alpha value is -2.42. The van der Waals surface area contributed by atoms with Gasteiger partial charge in [0.15, 0.2) is 0 Å². The molecule has 1 aromatic rings. The molecular weight excluding hydrogens is 246 g/mol. The number of amides is 1. The first-order chi connectivity index (χ1) is 9.01. The number of aryl methyl sites for hydroxylation is 1. The van der Waals surface area contributed by atoms with Crippen LogP contribution in [0.15, 0.2) is 18.2 Å². The van der Waals surface area contributed by atoms with Gasteiger partial charge in [-0.25, -0.2) is 0 Å². The number of carbonyl (C=O) groups is 1. The van der Waals surface area contributed by atoms with Crippen molar-refractivity contribution in [2.45, 2.75) is 20.3 Å². The van der Waals surface area contributed by atoms with Crippen molar-refractivity contribution >= 4 is 11.6 Å². The van der Waals surface area contributed by atoms with Crippen LogP contribution >= 0.6 is 0 Å². The average Bonchev–Trinajstić information content (AvgIpc) is 2.39. The summed E-state index contributed by atoms with van der Waals surface area (Å²) >= 11 is 0. The molecule has 0 atom stereocenters. The number of non-ortho nitro benzene ring substituents is 1. The Balaban J connectivity index is 2.99. The molecule has 0 saturated carbocycles. The van der Waals surface area contributed by atoms with Gasteiger partial charge in [0.2, 0.25) is 0 Å². The molecule has 0 aliphatic heterocycles. The van der Waals surface area contributed by atoms with Crippen LogP contribution in [0.3, 0.4) is 0 Å². The van der Waals surface area contributed by atoms with Crippen LogP contribution in [-0.2, 0) is 0 Å². The third-order valence-corrected chi connectivity index (χ3v) is 2.81. The van der Waals surface area contributed by atoms with Gasteiger partial charge in [-0.15, -0.1) is 0 Å². The highest BCUT2D eigenvalue weighted by molar-refractivity contribution is 5.95. The first-order valence-corrected chi connectivity index (χ1v) is 5.92. The topological polar surface area (TPSA) is 87.2 Å². The van der Waals surface area contributed by atoms with Crippen LogP contribution in [0.25, 0.3) is 0 Å². The molecule has 1 aromatic carbocycles. The van der Waals surface area contributed by atoms with E-state index in [1.165, 1.54) is 18.2 Å². The zero-order valence-electron chi connectivity index (χ0n) is 10.9. The van der Waals surface area contributed by atoms with E-state index < -0.39 is 4.92 Å². The van der Waals surface area contributed by atoms with Gasteiger partial charge >= 0.3 is 0 Å². The van der Waals surface area contributed by atoms with Crippen LogP contribution in [0, 0.1) is 28.4 Å². The second-order valence-electron chi connectivity index (χ2n) is 4.05. The molecule has 0 heterocycles. The predicted octanol–water partition coefficient (Wildman–Crippen LogP) is 2.28. The highest BCUT2D eigenvalue weighted by atomic mass is 16.6. The van der Waals surface area contributed by atoms with Gasteiger partial charge in [-0.05, 0) is 25.5 Å². The van der Waals surface area contributed by atoms with Gasteiger partial charge in [0, 0.05) is 30.8 Å². The minimum absolute atomic E-state index is 0.0332. The summed E-state index contributed by atoms with van der Waals surface area (Å²) in [7, 11) is 0. The molecule has 0 N–H and O–H groups in total. The van der Waals surface area contributed by atoms with Crippen molar-refractivity contribution in [3.05, 3.63) is 39.4 Å². The van der Waals surface area contributed by atoms with Gasteiger partial charge in [-0.2, -0.15) is 5.26 Å². The number of hydrogen-bond acceptors (Lipinski definition) is 4. The standard InChI is InChI=1S/C13H15N3O3/c1-3-15(8-4-7-14)13(17)12-6-5-11(16(18)19)9-10(12)2/h5-6,9H,3-4,8H2,1-2H3. The zero-order chi connectivity index (χ0) is 14.4. The molecular formula is C13H15N3O3. The third-order valence-electron chi connectivity index (χ3n) is 2.81. The number of carbonyl (C=O) groups excluding carboxylic acids is 1. The first kappa shape index (κ1) is 14.6. The van der Waals surface area contributed by atoms with Crippen LogP contribution in [0.1, 0.15) is 29.3 Å². The van der Waals surface area contributed by atoms with Gasteiger partial charge < -0.3 is 4.90 Å². The SMILES string of the molecule is CCN(CCC#N)C(=O)c1ccc([N+](=O)[O-])cc1C.